The van der Waals surface area contributed by atoms with Crippen LogP contribution in [-0.4, -0.2) is 9.97 Å². The van der Waals surface area contributed by atoms with Crippen LogP contribution in [0.4, 0.5) is 13.2 Å². The Morgan fingerprint density at radius 3 is 2.16 bits per heavy atom. The number of rotatable bonds is 2. The van der Waals surface area contributed by atoms with Gasteiger partial charge in [-0.25, -0.2) is 0 Å². The fraction of sp³-hybridized carbons (Fsp3) is 0.286. The first-order chi connectivity index (χ1) is 8.89. The summed E-state index contributed by atoms with van der Waals surface area (Å²) < 4.78 is 38.7. The Labute approximate surface area is 109 Å². The van der Waals surface area contributed by atoms with Gasteiger partial charge in [-0.15, -0.1) is 0 Å². The van der Waals surface area contributed by atoms with Gasteiger partial charge >= 0.3 is 6.18 Å². The summed E-state index contributed by atoms with van der Waals surface area (Å²) in [7, 11) is 0. The molecule has 100 valence electrons. The number of aromatic nitrogens is 2. The molecule has 0 radical (unpaired) electrons. The maximum Gasteiger partial charge on any atom is 0.418 e. The normalized spacial score (nSPS) is 11.9. The molecule has 0 spiro atoms. The number of halogens is 3. The molecule has 2 nitrogen and oxygen atoms in total. The topological polar surface area (TPSA) is 25.8 Å². The molecule has 0 aliphatic heterocycles. The van der Waals surface area contributed by atoms with Crippen LogP contribution in [0.2, 0.25) is 0 Å². The molecule has 0 amide bonds. The summed E-state index contributed by atoms with van der Waals surface area (Å²) in [5.41, 5.74) is 0.687. The Hall–Kier alpha value is -1.91. The van der Waals surface area contributed by atoms with Gasteiger partial charge in [-0.05, 0) is 30.2 Å². The van der Waals surface area contributed by atoms with Crippen LogP contribution in [0.1, 0.15) is 31.0 Å². The van der Waals surface area contributed by atoms with E-state index in [0.29, 0.717) is 5.69 Å². The van der Waals surface area contributed by atoms with Crippen molar-refractivity contribution in [2.45, 2.75) is 25.9 Å². The minimum atomic E-state index is -4.37. The first-order valence-electron chi connectivity index (χ1n) is 5.88. The van der Waals surface area contributed by atoms with E-state index in [0.717, 1.165) is 11.6 Å². The maximum atomic E-state index is 12.9. The molecule has 5 heteroatoms. The predicted molar refractivity (Wildman–Crippen MR) is 66.6 cm³/mol. The average molecular weight is 266 g/mol. The third kappa shape index (κ3) is 2.92. The van der Waals surface area contributed by atoms with Gasteiger partial charge in [0.15, 0.2) is 0 Å². The standard InChI is InChI=1S/C14H13F3N2/c1-9(2)13-11(14(15,16)17)3-4-12(19-13)10-5-7-18-8-6-10/h3-9H,1-2H3. The summed E-state index contributed by atoms with van der Waals surface area (Å²) >= 11 is 0. The lowest BCUT2D eigenvalue weighted by atomic mass is 10.0. The van der Waals surface area contributed by atoms with Crippen LogP contribution >= 0.6 is 0 Å². The molecule has 0 fully saturated rings. The van der Waals surface area contributed by atoms with E-state index < -0.39 is 11.7 Å². The molecule has 0 bridgehead atoms. The second-order valence-corrected chi connectivity index (χ2v) is 4.52. The van der Waals surface area contributed by atoms with Crippen LogP contribution in [0.25, 0.3) is 11.3 Å². The number of alkyl halides is 3. The Morgan fingerprint density at radius 2 is 1.63 bits per heavy atom. The van der Waals surface area contributed by atoms with Crippen molar-refractivity contribution in [2.75, 3.05) is 0 Å². The van der Waals surface area contributed by atoms with Crippen molar-refractivity contribution in [3.63, 3.8) is 0 Å². The van der Waals surface area contributed by atoms with Gasteiger partial charge in [-0.3, -0.25) is 9.97 Å². The molecule has 2 rings (SSSR count). The molecule has 0 unspecified atom stereocenters. The first kappa shape index (κ1) is 13.5. The van der Waals surface area contributed by atoms with Gasteiger partial charge in [0.25, 0.3) is 0 Å². The Morgan fingerprint density at radius 1 is 1.00 bits per heavy atom. The lowest BCUT2D eigenvalue weighted by molar-refractivity contribution is -0.138. The van der Waals surface area contributed by atoms with E-state index in [1.807, 2.05) is 0 Å². The van der Waals surface area contributed by atoms with Crippen molar-refractivity contribution in [3.05, 3.63) is 47.9 Å². The summed E-state index contributed by atoms with van der Waals surface area (Å²) in [6.45, 7) is 3.40. The number of hydrogen-bond acceptors (Lipinski definition) is 2. The van der Waals surface area contributed by atoms with Crippen LogP contribution in [0.15, 0.2) is 36.7 Å². The summed E-state index contributed by atoms with van der Waals surface area (Å²) in [6.07, 6.45) is -1.20. The molecule has 2 aromatic rings. The van der Waals surface area contributed by atoms with Crippen LogP contribution in [-0.2, 0) is 6.18 Å². The summed E-state index contributed by atoms with van der Waals surface area (Å²) in [5, 5.41) is 0. The summed E-state index contributed by atoms with van der Waals surface area (Å²) in [4.78, 5) is 8.04. The largest absolute Gasteiger partial charge is 0.418 e. The van der Waals surface area contributed by atoms with Crippen molar-refractivity contribution in [2.24, 2.45) is 0 Å². The quantitative estimate of drug-likeness (QED) is 0.810. The molecule has 2 heterocycles. The molecule has 0 aliphatic rings. The van der Waals surface area contributed by atoms with E-state index in [9.17, 15) is 13.2 Å². The highest BCUT2D eigenvalue weighted by Crippen LogP contribution is 2.35. The molecule has 19 heavy (non-hydrogen) atoms. The smallest absolute Gasteiger partial charge is 0.265 e. The lowest BCUT2D eigenvalue weighted by Gasteiger charge is -2.15. The average Bonchev–Trinajstić information content (AvgIpc) is 2.38. The maximum absolute atomic E-state index is 12.9. The summed E-state index contributed by atoms with van der Waals surface area (Å²) in [5.74, 6) is -0.293. The highest BCUT2D eigenvalue weighted by molar-refractivity contribution is 5.59. The fourth-order valence-electron chi connectivity index (χ4n) is 1.84. The minimum absolute atomic E-state index is 0.0711. The Bertz CT molecular complexity index is 563. The Balaban J connectivity index is 2.55. The molecule has 0 saturated carbocycles. The summed E-state index contributed by atoms with van der Waals surface area (Å²) in [6, 6.07) is 5.93. The minimum Gasteiger partial charge on any atom is -0.265 e. The number of pyridine rings is 2. The zero-order chi connectivity index (χ0) is 14.0. The van der Waals surface area contributed by atoms with Gasteiger partial charge in [0, 0.05) is 18.0 Å². The van der Waals surface area contributed by atoms with Gasteiger partial charge in [0.2, 0.25) is 0 Å². The number of hydrogen-bond donors (Lipinski definition) is 0. The second kappa shape index (κ2) is 4.99. The zero-order valence-corrected chi connectivity index (χ0v) is 10.6. The van der Waals surface area contributed by atoms with Gasteiger partial charge in [-0.1, -0.05) is 13.8 Å². The second-order valence-electron chi connectivity index (χ2n) is 4.52. The van der Waals surface area contributed by atoms with Gasteiger partial charge in [0.1, 0.15) is 0 Å². The van der Waals surface area contributed by atoms with Crippen LogP contribution < -0.4 is 0 Å². The molecular formula is C14H13F3N2. The highest BCUT2D eigenvalue weighted by atomic mass is 19.4. The first-order valence-corrected chi connectivity index (χ1v) is 5.88. The fourth-order valence-corrected chi connectivity index (χ4v) is 1.84. The lowest BCUT2D eigenvalue weighted by Crippen LogP contribution is -2.12. The molecule has 0 atom stereocenters. The molecular weight excluding hydrogens is 253 g/mol. The van der Waals surface area contributed by atoms with Crippen molar-refractivity contribution < 1.29 is 13.2 Å². The molecule has 0 aliphatic carbocycles. The van der Waals surface area contributed by atoms with E-state index >= 15 is 0 Å². The van der Waals surface area contributed by atoms with Crippen LogP contribution in [0, 0.1) is 0 Å². The van der Waals surface area contributed by atoms with Crippen molar-refractivity contribution in [3.8, 4) is 11.3 Å². The van der Waals surface area contributed by atoms with Crippen molar-refractivity contribution >= 4 is 0 Å². The van der Waals surface area contributed by atoms with E-state index in [2.05, 4.69) is 9.97 Å². The third-order valence-corrected chi connectivity index (χ3v) is 2.75. The van der Waals surface area contributed by atoms with Gasteiger partial charge in [0.05, 0.1) is 17.0 Å². The van der Waals surface area contributed by atoms with E-state index in [1.54, 1.807) is 38.4 Å². The van der Waals surface area contributed by atoms with Gasteiger partial charge in [-0.2, -0.15) is 13.2 Å². The van der Waals surface area contributed by atoms with Crippen molar-refractivity contribution in [1.29, 1.82) is 0 Å². The number of nitrogens with zero attached hydrogens (tertiary/aromatic N) is 2. The molecule has 0 aromatic carbocycles. The molecule has 0 N–H and O–H groups in total. The molecule has 2 aromatic heterocycles. The van der Waals surface area contributed by atoms with Crippen molar-refractivity contribution in [1.82, 2.24) is 9.97 Å². The van der Waals surface area contributed by atoms with Crippen LogP contribution in [0.5, 0.6) is 0 Å². The van der Waals surface area contributed by atoms with Gasteiger partial charge < -0.3 is 0 Å². The van der Waals surface area contributed by atoms with E-state index in [4.69, 9.17) is 0 Å². The molecule has 0 saturated heterocycles. The third-order valence-electron chi connectivity index (χ3n) is 2.75. The Kier molecular flexibility index (Phi) is 3.55. The van der Waals surface area contributed by atoms with E-state index in [-0.39, 0.29) is 11.6 Å². The highest BCUT2D eigenvalue weighted by Gasteiger charge is 2.34. The predicted octanol–water partition coefficient (Wildman–Crippen LogP) is 4.29. The zero-order valence-electron chi connectivity index (χ0n) is 10.6. The van der Waals surface area contributed by atoms with E-state index in [1.165, 1.54) is 6.07 Å². The SMILES string of the molecule is CC(C)c1nc(-c2ccncc2)ccc1C(F)(F)F. The van der Waals surface area contributed by atoms with Crippen LogP contribution in [0.3, 0.4) is 0 Å². The monoisotopic (exact) mass is 266 g/mol.